The molecule has 1 unspecified atom stereocenters. The third-order valence-corrected chi connectivity index (χ3v) is 4.01. The van der Waals surface area contributed by atoms with Gasteiger partial charge in [-0.1, -0.05) is 24.3 Å². The molecule has 2 N–H and O–H groups in total. The van der Waals surface area contributed by atoms with E-state index in [0.717, 1.165) is 0 Å². The van der Waals surface area contributed by atoms with Gasteiger partial charge in [-0.15, -0.1) is 0 Å². The number of benzene rings is 1. The minimum atomic E-state index is -0.879. The summed E-state index contributed by atoms with van der Waals surface area (Å²) in [5, 5.41) is 12.2. The van der Waals surface area contributed by atoms with Crippen LogP contribution in [0.3, 0.4) is 0 Å². The Morgan fingerprint density at radius 1 is 1.38 bits per heavy atom. The number of aliphatic carboxylic acids is 1. The molecule has 0 aromatic heterocycles. The van der Waals surface area contributed by atoms with E-state index in [1.54, 1.807) is 11.8 Å². The van der Waals surface area contributed by atoms with Crippen LogP contribution in [0.2, 0.25) is 0 Å². The second kappa shape index (κ2) is 6.72. The molecule has 0 spiro atoms. The number of nitrogens with zero attached hydrogens (tertiary/aromatic N) is 1. The fourth-order valence-corrected chi connectivity index (χ4v) is 2.88. The van der Waals surface area contributed by atoms with Gasteiger partial charge in [-0.2, -0.15) is 0 Å². The lowest BCUT2D eigenvalue weighted by Gasteiger charge is -2.33. The van der Waals surface area contributed by atoms with Crippen LogP contribution in [-0.4, -0.2) is 40.5 Å². The van der Waals surface area contributed by atoms with Crippen LogP contribution in [0.5, 0.6) is 0 Å². The smallest absolute Gasteiger partial charge is 0.305 e. The molecule has 0 aliphatic carbocycles. The molecular formula is C16H22N2O3. The highest BCUT2D eigenvalue weighted by atomic mass is 16.4. The molecule has 0 fully saturated rings. The normalized spacial score (nSPS) is 18.7. The molecule has 2 atom stereocenters. The first-order chi connectivity index (χ1) is 10.0. The van der Waals surface area contributed by atoms with Crippen LogP contribution < -0.4 is 5.32 Å². The summed E-state index contributed by atoms with van der Waals surface area (Å²) in [6, 6.07) is 7.53. The van der Waals surface area contributed by atoms with Crippen molar-refractivity contribution in [3.63, 3.8) is 0 Å². The number of amides is 1. The first-order valence-corrected chi connectivity index (χ1v) is 7.35. The number of carboxylic acid groups (broad SMARTS) is 1. The largest absolute Gasteiger partial charge is 0.481 e. The minimum absolute atomic E-state index is 0.0132. The van der Waals surface area contributed by atoms with Crippen LogP contribution in [0, 0.1) is 0 Å². The van der Waals surface area contributed by atoms with Crippen LogP contribution >= 0.6 is 0 Å². The Morgan fingerprint density at radius 3 is 2.67 bits per heavy atom. The van der Waals surface area contributed by atoms with Crippen molar-refractivity contribution < 1.29 is 14.7 Å². The van der Waals surface area contributed by atoms with E-state index in [0.29, 0.717) is 19.5 Å². The van der Waals surface area contributed by atoms with Crippen LogP contribution in [-0.2, 0) is 22.6 Å². The molecule has 1 heterocycles. The maximum atomic E-state index is 12.6. The predicted molar refractivity (Wildman–Crippen MR) is 79.9 cm³/mol. The van der Waals surface area contributed by atoms with Gasteiger partial charge >= 0.3 is 5.97 Å². The summed E-state index contributed by atoms with van der Waals surface area (Å²) in [4.78, 5) is 25.1. The van der Waals surface area contributed by atoms with Crippen molar-refractivity contribution in [1.82, 2.24) is 10.2 Å². The van der Waals surface area contributed by atoms with E-state index in [4.69, 9.17) is 5.11 Å². The number of likely N-dealkylation sites (N-methyl/N-ethyl adjacent to an activating group) is 1. The molecule has 1 aliphatic heterocycles. The number of carboxylic acids is 1. The Morgan fingerprint density at radius 2 is 2.05 bits per heavy atom. The Labute approximate surface area is 125 Å². The third-order valence-electron chi connectivity index (χ3n) is 4.01. The number of carbonyl (C=O) groups is 2. The predicted octanol–water partition coefficient (Wildman–Crippen LogP) is 1.41. The summed E-state index contributed by atoms with van der Waals surface area (Å²) >= 11 is 0. The van der Waals surface area contributed by atoms with E-state index >= 15 is 0 Å². The molecule has 2 rings (SSSR count). The van der Waals surface area contributed by atoms with Crippen molar-refractivity contribution in [1.29, 1.82) is 0 Å². The fraction of sp³-hybridized carbons (Fsp3) is 0.500. The van der Waals surface area contributed by atoms with Gasteiger partial charge in [0.1, 0.15) is 0 Å². The van der Waals surface area contributed by atoms with Crippen molar-refractivity contribution in [3.8, 4) is 0 Å². The lowest BCUT2D eigenvalue weighted by Crippen LogP contribution is -2.52. The molecule has 1 aromatic carbocycles. The highest BCUT2D eigenvalue weighted by molar-refractivity contribution is 5.83. The molecule has 0 radical (unpaired) electrons. The molecule has 0 saturated heterocycles. The number of carbonyl (C=O) groups excluding carboxylic acids is 1. The maximum Gasteiger partial charge on any atom is 0.305 e. The van der Waals surface area contributed by atoms with Gasteiger partial charge in [-0.05, 0) is 31.4 Å². The Balaban J connectivity index is 2.07. The Kier molecular flexibility index (Phi) is 4.96. The highest BCUT2D eigenvalue weighted by Crippen LogP contribution is 2.18. The van der Waals surface area contributed by atoms with E-state index in [9.17, 15) is 9.59 Å². The second-order valence-corrected chi connectivity index (χ2v) is 5.48. The highest BCUT2D eigenvalue weighted by Gasteiger charge is 2.30. The van der Waals surface area contributed by atoms with E-state index in [-0.39, 0.29) is 24.4 Å². The SMILES string of the molecule is CCN(C(=O)[C@H]1Cc2ccccc2CN1)C(C)CC(=O)O. The van der Waals surface area contributed by atoms with E-state index in [1.165, 1.54) is 11.1 Å². The van der Waals surface area contributed by atoms with Crippen LogP contribution in [0.1, 0.15) is 31.4 Å². The van der Waals surface area contributed by atoms with Gasteiger partial charge < -0.3 is 15.3 Å². The summed E-state index contributed by atoms with van der Waals surface area (Å²) < 4.78 is 0. The summed E-state index contributed by atoms with van der Waals surface area (Å²) in [6.07, 6.45) is 0.633. The number of rotatable bonds is 5. The molecule has 1 aromatic rings. The monoisotopic (exact) mass is 290 g/mol. The average molecular weight is 290 g/mol. The van der Waals surface area contributed by atoms with Crippen LogP contribution in [0.25, 0.3) is 0 Å². The lowest BCUT2D eigenvalue weighted by molar-refractivity contribution is -0.141. The zero-order chi connectivity index (χ0) is 15.4. The molecule has 5 heteroatoms. The maximum absolute atomic E-state index is 12.6. The number of nitrogens with one attached hydrogen (secondary N) is 1. The van der Waals surface area contributed by atoms with Gasteiger partial charge in [0.25, 0.3) is 0 Å². The minimum Gasteiger partial charge on any atom is -0.481 e. The number of fused-ring (bicyclic) bond motifs is 1. The Hall–Kier alpha value is -1.88. The van der Waals surface area contributed by atoms with Crippen molar-refractivity contribution in [2.24, 2.45) is 0 Å². The van der Waals surface area contributed by atoms with Crippen molar-refractivity contribution in [2.45, 2.75) is 45.3 Å². The zero-order valence-corrected chi connectivity index (χ0v) is 12.5. The first-order valence-electron chi connectivity index (χ1n) is 7.35. The summed E-state index contributed by atoms with van der Waals surface area (Å²) in [6.45, 7) is 4.86. The second-order valence-electron chi connectivity index (χ2n) is 5.48. The molecule has 5 nitrogen and oxygen atoms in total. The molecule has 0 bridgehead atoms. The van der Waals surface area contributed by atoms with Crippen LogP contribution in [0.4, 0.5) is 0 Å². The van der Waals surface area contributed by atoms with Crippen molar-refractivity contribution >= 4 is 11.9 Å². The standard InChI is InChI=1S/C16H22N2O3/c1-3-18(11(2)8-15(19)20)16(21)14-9-12-6-4-5-7-13(12)10-17-14/h4-7,11,14,17H,3,8-10H2,1-2H3,(H,19,20)/t11?,14-/m1/s1. The van der Waals surface area contributed by atoms with Crippen LogP contribution in [0.15, 0.2) is 24.3 Å². The first kappa shape index (κ1) is 15.5. The quantitative estimate of drug-likeness (QED) is 0.860. The average Bonchev–Trinajstić information content (AvgIpc) is 2.46. The van der Waals surface area contributed by atoms with Crippen molar-refractivity contribution in [3.05, 3.63) is 35.4 Å². The third kappa shape index (κ3) is 3.61. The topological polar surface area (TPSA) is 69.6 Å². The van der Waals surface area contributed by atoms with Gasteiger partial charge in [-0.3, -0.25) is 9.59 Å². The molecule has 1 amide bonds. The van der Waals surface area contributed by atoms with Gasteiger partial charge in [0.15, 0.2) is 0 Å². The molecule has 1 aliphatic rings. The Bertz CT molecular complexity index is 530. The zero-order valence-electron chi connectivity index (χ0n) is 12.5. The summed E-state index contributed by atoms with van der Waals surface area (Å²) in [7, 11) is 0. The summed E-state index contributed by atoms with van der Waals surface area (Å²) in [5.41, 5.74) is 2.42. The number of hydrogen-bond donors (Lipinski definition) is 2. The number of hydrogen-bond acceptors (Lipinski definition) is 3. The van der Waals surface area contributed by atoms with Gasteiger partial charge in [-0.25, -0.2) is 0 Å². The van der Waals surface area contributed by atoms with Crippen molar-refractivity contribution in [2.75, 3.05) is 6.54 Å². The molecule has 114 valence electrons. The molecule has 0 saturated carbocycles. The fourth-order valence-electron chi connectivity index (χ4n) is 2.88. The van der Waals surface area contributed by atoms with Gasteiger partial charge in [0.05, 0.1) is 12.5 Å². The molecular weight excluding hydrogens is 268 g/mol. The van der Waals surface area contributed by atoms with E-state index < -0.39 is 5.97 Å². The summed E-state index contributed by atoms with van der Waals surface area (Å²) in [5.74, 6) is -0.892. The van der Waals surface area contributed by atoms with E-state index in [1.807, 2.05) is 25.1 Å². The van der Waals surface area contributed by atoms with Gasteiger partial charge in [0.2, 0.25) is 5.91 Å². The van der Waals surface area contributed by atoms with E-state index in [2.05, 4.69) is 11.4 Å². The lowest BCUT2D eigenvalue weighted by atomic mass is 9.95. The molecule has 21 heavy (non-hydrogen) atoms. The van der Waals surface area contributed by atoms with Gasteiger partial charge in [0, 0.05) is 19.1 Å².